The number of carbonyl (C=O) groups excluding carboxylic acids is 1. The average molecular weight is 910 g/mol. The number of carbonyl (C=O) groups is 3. The molecular weight excluding hydrogens is 855 g/mol. The summed E-state index contributed by atoms with van der Waals surface area (Å²) in [5.74, 6) is 1.68. The van der Waals surface area contributed by atoms with E-state index in [4.69, 9.17) is 33.9 Å². The molecule has 0 saturated heterocycles. The van der Waals surface area contributed by atoms with Crippen LogP contribution in [0.3, 0.4) is 0 Å². The number of rotatable bonds is 22. The summed E-state index contributed by atoms with van der Waals surface area (Å²) in [5, 5.41) is 35.1. The molecule has 67 heavy (non-hydrogen) atoms. The summed E-state index contributed by atoms with van der Waals surface area (Å²) in [4.78, 5) is 33.5. The maximum absolute atomic E-state index is 11.2. The zero-order valence-electron chi connectivity index (χ0n) is 37.6. The monoisotopic (exact) mass is 909 g/mol. The van der Waals surface area contributed by atoms with E-state index in [1.165, 1.54) is 13.0 Å². The van der Waals surface area contributed by atoms with Crippen LogP contribution in [0, 0.1) is 0 Å². The number of fused-ring (bicyclic) bond motifs is 6. The van der Waals surface area contributed by atoms with Crippen molar-refractivity contribution in [3.8, 4) is 34.5 Å². The van der Waals surface area contributed by atoms with Gasteiger partial charge in [-0.3, -0.25) is 14.4 Å². The number of methoxy groups -OCH3 is 1. The third-order valence-corrected chi connectivity index (χ3v) is 11.0. The van der Waals surface area contributed by atoms with Crippen molar-refractivity contribution >= 4 is 67.1 Å². The molecule has 0 saturated carbocycles. The van der Waals surface area contributed by atoms with E-state index in [-0.39, 0.29) is 24.5 Å². The lowest BCUT2D eigenvalue weighted by atomic mass is 10.1. The van der Waals surface area contributed by atoms with Crippen LogP contribution >= 0.6 is 0 Å². The largest absolute Gasteiger partial charge is 0.508 e. The van der Waals surface area contributed by atoms with Crippen molar-refractivity contribution in [3.63, 3.8) is 0 Å². The molecule has 0 radical (unpaired) electrons. The van der Waals surface area contributed by atoms with Crippen LogP contribution in [0.5, 0.6) is 34.5 Å². The first-order chi connectivity index (χ1) is 32.6. The molecule has 0 bridgehead atoms. The molecule has 0 atom stereocenters. The van der Waals surface area contributed by atoms with Gasteiger partial charge < -0.3 is 53.5 Å². The van der Waals surface area contributed by atoms with E-state index in [9.17, 15) is 19.5 Å². The van der Waals surface area contributed by atoms with Gasteiger partial charge in [-0.2, -0.15) is 0 Å². The fourth-order valence-electron chi connectivity index (χ4n) is 7.93. The number of carboxylic acids is 2. The van der Waals surface area contributed by atoms with Gasteiger partial charge >= 0.3 is 11.9 Å². The van der Waals surface area contributed by atoms with Gasteiger partial charge in [0.1, 0.15) is 34.5 Å². The van der Waals surface area contributed by atoms with Crippen molar-refractivity contribution in [1.82, 2.24) is 9.13 Å². The molecule has 0 fully saturated rings. The molecule has 0 unspecified atom stereocenters. The summed E-state index contributed by atoms with van der Waals surface area (Å²) in [7, 11) is 1.54. The minimum Gasteiger partial charge on any atom is -0.508 e. The van der Waals surface area contributed by atoms with Crippen LogP contribution in [0.25, 0.3) is 43.6 Å². The van der Waals surface area contributed by atoms with E-state index in [1.807, 2.05) is 95.6 Å². The van der Waals surface area contributed by atoms with Crippen molar-refractivity contribution < 1.29 is 53.4 Å². The molecule has 8 rings (SSSR count). The van der Waals surface area contributed by atoms with Crippen LogP contribution in [-0.2, 0) is 27.5 Å². The highest BCUT2D eigenvalue weighted by Gasteiger charge is 2.14. The number of para-hydroxylation sites is 2. The van der Waals surface area contributed by atoms with Gasteiger partial charge in [0.05, 0.1) is 57.4 Å². The Bertz CT molecular complexity index is 2970. The lowest BCUT2D eigenvalue weighted by Crippen LogP contribution is -2.06. The van der Waals surface area contributed by atoms with Crippen LogP contribution in [0.15, 0.2) is 127 Å². The number of aliphatic carboxylic acids is 2. The topological polar surface area (TPSA) is 180 Å². The van der Waals surface area contributed by atoms with Crippen molar-refractivity contribution in [2.45, 2.75) is 58.5 Å². The fraction of sp³-hybridized carbons (Fsp3) is 0.264. The van der Waals surface area contributed by atoms with E-state index in [0.29, 0.717) is 62.5 Å². The predicted octanol–water partition coefficient (Wildman–Crippen LogP) is 10.7. The van der Waals surface area contributed by atoms with E-state index in [1.54, 1.807) is 25.3 Å². The number of carboxylic acid groups (broad SMARTS) is 2. The number of ether oxygens (including phenoxy) is 5. The molecule has 0 aliphatic rings. The number of nitrogens with zero attached hydrogens (tertiary/aromatic N) is 2. The fourth-order valence-corrected chi connectivity index (χ4v) is 7.93. The van der Waals surface area contributed by atoms with Crippen LogP contribution in [0.4, 0.5) is 5.69 Å². The number of anilines is 1. The molecule has 1 amide bonds. The standard InChI is InChI=1S/C27H28N2O5.C26H27NO6/c1-19(30)28-20-7-6-8-21(17-20)33-15-4-5-16-34-22-11-12-24-23-9-2-3-10-25(23)29(26(24)18-22)14-13-27(31)32;1-31-20-14-18(28)15-21(16-20)33-13-5-4-12-32-19-8-9-23-22-6-2-3-7-24(22)27(25(23)17-19)11-10-26(29)30/h2-3,6-12,17-18H,4-5,13-16H2,1H3,(H,28,30)(H,31,32);2-3,6-9,14-17,28H,4-5,10-13H2,1H3,(H,29,30). The van der Waals surface area contributed by atoms with E-state index in [0.717, 1.165) is 80.8 Å². The molecule has 8 aromatic rings. The Kier molecular flexibility index (Phi) is 16.1. The highest BCUT2D eigenvalue weighted by Crippen LogP contribution is 2.34. The zero-order chi connectivity index (χ0) is 47.1. The first-order valence-electron chi connectivity index (χ1n) is 22.3. The lowest BCUT2D eigenvalue weighted by Gasteiger charge is -2.10. The van der Waals surface area contributed by atoms with Crippen LogP contribution in [-0.4, -0.2) is 75.8 Å². The van der Waals surface area contributed by atoms with Crippen molar-refractivity contribution in [2.24, 2.45) is 0 Å². The van der Waals surface area contributed by atoms with Crippen molar-refractivity contribution in [2.75, 3.05) is 38.9 Å². The van der Waals surface area contributed by atoms with Gasteiger partial charge in [-0.1, -0.05) is 42.5 Å². The summed E-state index contributed by atoms with van der Waals surface area (Å²) in [6, 6.07) is 40.1. The molecule has 348 valence electrons. The van der Waals surface area contributed by atoms with E-state index < -0.39 is 11.9 Å². The summed E-state index contributed by atoms with van der Waals surface area (Å²) in [6.07, 6.45) is 3.36. The van der Waals surface area contributed by atoms with Gasteiger partial charge in [0.2, 0.25) is 5.91 Å². The second kappa shape index (κ2) is 22.8. The number of phenolic OH excluding ortho intramolecular Hbond substituents is 1. The number of benzene rings is 6. The summed E-state index contributed by atoms with van der Waals surface area (Å²) in [5.41, 5.74) is 4.70. The number of hydrogen-bond acceptors (Lipinski definition) is 9. The van der Waals surface area contributed by atoms with Gasteiger partial charge in [0.15, 0.2) is 0 Å². The lowest BCUT2D eigenvalue weighted by molar-refractivity contribution is -0.138. The zero-order valence-corrected chi connectivity index (χ0v) is 37.6. The Labute approximate surface area is 387 Å². The average Bonchev–Trinajstić information content (AvgIpc) is 3.80. The summed E-state index contributed by atoms with van der Waals surface area (Å²) >= 11 is 0. The van der Waals surface area contributed by atoms with Crippen molar-refractivity contribution in [1.29, 1.82) is 0 Å². The van der Waals surface area contributed by atoms with Crippen LogP contribution in [0.2, 0.25) is 0 Å². The molecule has 14 heteroatoms. The second-order valence-electron chi connectivity index (χ2n) is 15.9. The molecule has 4 N–H and O–H groups in total. The SMILES string of the molecule is CC(=O)Nc1cccc(OCCCCOc2ccc3c4ccccc4n(CCC(=O)O)c3c2)c1.COc1cc(O)cc(OCCCCOc2ccc3c4ccccc4n(CCC(=O)O)c3c2)c1. The Morgan fingerprint density at radius 1 is 0.493 bits per heavy atom. The van der Waals surface area contributed by atoms with Gasteiger partial charge in [0, 0.05) is 94.7 Å². The Hall–Kier alpha value is -7.87. The van der Waals surface area contributed by atoms with E-state index in [2.05, 4.69) is 22.0 Å². The third kappa shape index (κ3) is 12.7. The Balaban J connectivity index is 0.000000199. The van der Waals surface area contributed by atoms with Gasteiger partial charge in [0.25, 0.3) is 0 Å². The quantitative estimate of drug-likeness (QED) is 0.0475. The number of phenols is 1. The summed E-state index contributed by atoms with van der Waals surface area (Å²) in [6.45, 7) is 4.42. The minimum absolute atomic E-state index is 0.0594. The van der Waals surface area contributed by atoms with E-state index >= 15 is 0 Å². The first-order valence-corrected chi connectivity index (χ1v) is 22.3. The smallest absolute Gasteiger partial charge is 0.305 e. The second-order valence-corrected chi connectivity index (χ2v) is 15.9. The number of amides is 1. The van der Waals surface area contributed by atoms with Gasteiger partial charge in [-0.15, -0.1) is 0 Å². The molecule has 2 heterocycles. The van der Waals surface area contributed by atoms with Crippen LogP contribution in [0.1, 0.15) is 45.4 Å². The first kappa shape index (κ1) is 47.1. The van der Waals surface area contributed by atoms with Crippen molar-refractivity contribution in [3.05, 3.63) is 127 Å². The molecule has 6 aromatic carbocycles. The number of nitrogens with one attached hydrogen (secondary N) is 1. The number of aromatic nitrogens is 2. The predicted molar refractivity (Wildman–Crippen MR) is 259 cm³/mol. The van der Waals surface area contributed by atoms with Gasteiger partial charge in [-0.25, -0.2) is 0 Å². The Morgan fingerprint density at radius 3 is 1.42 bits per heavy atom. The third-order valence-electron chi connectivity index (χ3n) is 11.0. The highest BCUT2D eigenvalue weighted by atomic mass is 16.5. The maximum atomic E-state index is 11.2. The van der Waals surface area contributed by atoms with Gasteiger partial charge in [-0.05, 0) is 74.2 Å². The molecule has 14 nitrogen and oxygen atoms in total. The highest BCUT2D eigenvalue weighted by molar-refractivity contribution is 6.09. The normalized spacial score (nSPS) is 11.0. The number of aromatic hydroxyl groups is 1. The minimum atomic E-state index is -0.820. The number of hydrogen-bond donors (Lipinski definition) is 4. The molecule has 2 aromatic heterocycles. The molecule has 0 aliphatic carbocycles. The number of unbranched alkanes of at least 4 members (excludes halogenated alkanes) is 2. The van der Waals surface area contributed by atoms with Crippen LogP contribution < -0.4 is 29.0 Å². The number of aryl methyl sites for hydroxylation is 2. The molecule has 0 aliphatic heterocycles. The Morgan fingerprint density at radius 2 is 0.940 bits per heavy atom. The molecular formula is C53H55N3O11. The maximum Gasteiger partial charge on any atom is 0.305 e. The summed E-state index contributed by atoms with van der Waals surface area (Å²) < 4.78 is 32.6. The molecule has 0 spiro atoms.